The van der Waals surface area contributed by atoms with Crippen LogP contribution < -0.4 is 14.8 Å². The zero-order valence-corrected chi connectivity index (χ0v) is 9.46. The largest absolute Gasteiger partial charge is 0.496 e. The molecule has 1 aromatic carbocycles. The molecule has 1 fully saturated rings. The van der Waals surface area contributed by atoms with Gasteiger partial charge in [0.2, 0.25) is 0 Å². The lowest BCUT2D eigenvalue weighted by Crippen LogP contribution is -2.61. The van der Waals surface area contributed by atoms with Gasteiger partial charge in [-0.25, -0.2) is 0 Å². The zero-order chi connectivity index (χ0) is 10.9. The summed E-state index contributed by atoms with van der Waals surface area (Å²) in [6, 6.07) is 5.91. The van der Waals surface area contributed by atoms with E-state index in [-0.39, 0.29) is 5.60 Å². The number of ether oxygens (including phenoxy) is 2. The van der Waals surface area contributed by atoms with E-state index in [2.05, 4.69) is 12.2 Å². The second-order valence-corrected chi connectivity index (χ2v) is 4.29. The third-order valence-corrected chi connectivity index (χ3v) is 2.73. The van der Waals surface area contributed by atoms with Gasteiger partial charge in [-0.1, -0.05) is 0 Å². The van der Waals surface area contributed by atoms with Gasteiger partial charge in [-0.2, -0.15) is 0 Å². The number of benzene rings is 1. The van der Waals surface area contributed by atoms with Crippen molar-refractivity contribution >= 4 is 0 Å². The Bertz CT molecular complexity index is 359. The maximum absolute atomic E-state index is 5.90. The predicted octanol–water partition coefficient (Wildman–Crippen LogP) is 1.74. The molecule has 1 aliphatic heterocycles. The van der Waals surface area contributed by atoms with Crippen molar-refractivity contribution in [3.63, 3.8) is 0 Å². The Balaban J connectivity index is 2.12. The van der Waals surface area contributed by atoms with Crippen molar-refractivity contribution < 1.29 is 9.47 Å². The fraction of sp³-hybridized carbons (Fsp3) is 0.500. The normalized spacial score (nSPS) is 18.1. The molecule has 15 heavy (non-hydrogen) atoms. The maximum atomic E-state index is 5.90. The van der Waals surface area contributed by atoms with E-state index in [1.807, 2.05) is 25.1 Å². The van der Waals surface area contributed by atoms with Crippen molar-refractivity contribution in [2.45, 2.75) is 19.4 Å². The SMILES string of the molecule is COc1ccc(OC2(C)CNC2)cc1C. The van der Waals surface area contributed by atoms with Crippen LogP contribution in [0.5, 0.6) is 11.5 Å². The Kier molecular flexibility index (Phi) is 2.57. The molecule has 0 amide bonds. The summed E-state index contributed by atoms with van der Waals surface area (Å²) in [6.45, 7) is 5.96. The van der Waals surface area contributed by atoms with Gasteiger partial charge in [0.05, 0.1) is 7.11 Å². The average molecular weight is 207 g/mol. The fourth-order valence-electron chi connectivity index (χ4n) is 1.75. The van der Waals surface area contributed by atoms with Gasteiger partial charge in [0.15, 0.2) is 0 Å². The Hall–Kier alpha value is -1.22. The number of hydrogen-bond donors (Lipinski definition) is 1. The quantitative estimate of drug-likeness (QED) is 0.819. The minimum atomic E-state index is -0.0406. The molecule has 1 N–H and O–H groups in total. The lowest BCUT2D eigenvalue weighted by molar-refractivity contribution is 0.0348. The van der Waals surface area contributed by atoms with Crippen LogP contribution in [-0.4, -0.2) is 25.8 Å². The molecule has 0 aromatic heterocycles. The number of methoxy groups -OCH3 is 1. The van der Waals surface area contributed by atoms with E-state index in [1.54, 1.807) is 7.11 Å². The van der Waals surface area contributed by atoms with Crippen LogP contribution in [-0.2, 0) is 0 Å². The Morgan fingerprint density at radius 1 is 1.33 bits per heavy atom. The molecule has 1 aromatic rings. The standard InChI is InChI=1S/C12H17NO2/c1-9-6-10(4-5-11(9)14-3)15-12(2)7-13-8-12/h4-6,13H,7-8H2,1-3H3. The van der Waals surface area contributed by atoms with Gasteiger partial charge in [-0.15, -0.1) is 0 Å². The predicted molar refractivity (Wildman–Crippen MR) is 59.6 cm³/mol. The minimum absolute atomic E-state index is 0.0406. The molecule has 1 aliphatic rings. The molecule has 0 radical (unpaired) electrons. The Labute approximate surface area is 90.4 Å². The van der Waals surface area contributed by atoms with Crippen molar-refractivity contribution in [1.29, 1.82) is 0 Å². The van der Waals surface area contributed by atoms with Crippen LogP contribution in [0.15, 0.2) is 18.2 Å². The van der Waals surface area contributed by atoms with Gasteiger partial charge < -0.3 is 14.8 Å². The van der Waals surface area contributed by atoms with Crippen LogP contribution in [0.25, 0.3) is 0 Å². The summed E-state index contributed by atoms with van der Waals surface area (Å²) in [4.78, 5) is 0. The average Bonchev–Trinajstić information content (AvgIpc) is 2.16. The van der Waals surface area contributed by atoms with E-state index >= 15 is 0 Å². The van der Waals surface area contributed by atoms with Gasteiger partial charge in [0, 0.05) is 13.1 Å². The smallest absolute Gasteiger partial charge is 0.131 e. The lowest BCUT2D eigenvalue weighted by Gasteiger charge is -2.39. The molecule has 0 spiro atoms. The molecular formula is C12H17NO2. The molecule has 3 heteroatoms. The second-order valence-electron chi connectivity index (χ2n) is 4.29. The lowest BCUT2D eigenvalue weighted by atomic mass is 10.00. The van der Waals surface area contributed by atoms with E-state index < -0.39 is 0 Å². The third kappa shape index (κ3) is 2.07. The molecule has 0 bridgehead atoms. The number of aryl methyl sites for hydroxylation is 1. The van der Waals surface area contributed by atoms with Crippen molar-refractivity contribution in [2.24, 2.45) is 0 Å². The highest BCUT2D eigenvalue weighted by molar-refractivity contribution is 5.39. The first-order valence-corrected chi connectivity index (χ1v) is 5.17. The first-order valence-electron chi connectivity index (χ1n) is 5.17. The molecule has 1 heterocycles. The van der Waals surface area contributed by atoms with E-state index in [9.17, 15) is 0 Å². The van der Waals surface area contributed by atoms with Gasteiger partial charge in [-0.05, 0) is 37.6 Å². The summed E-state index contributed by atoms with van der Waals surface area (Å²) in [7, 11) is 1.68. The van der Waals surface area contributed by atoms with Crippen LogP contribution in [0.2, 0.25) is 0 Å². The van der Waals surface area contributed by atoms with Crippen LogP contribution in [0.4, 0.5) is 0 Å². The Morgan fingerprint density at radius 2 is 2.07 bits per heavy atom. The molecule has 1 saturated heterocycles. The van der Waals surface area contributed by atoms with Crippen molar-refractivity contribution in [2.75, 3.05) is 20.2 Å². The molecule has 82 valence electrons. The molecule has 3 nitrogen and oxygen atoms in total. The van der Waals surface area contributed by atoms with Crippen molar-refractivity contribution in [3.05, 3.63) is 23.8 Å². The zero-order valence-electron chi connectivity index (χ0n) is 9.46. The summed E-state index contributed by atoms with van der Waals surface area (Å²) >= 11 is 0. The van der Waals surface area contributed by atoms with Crippen LogP contribution in [0.3, 0.4) is 0 Å². The molecule has 0 aliphatic carbocycles. The molecule has 0 atom stereocenters. The molecule has 0 saturated carbocycles. The summed E-state index contributed by atoms with van der Waals surface area (Å²) < 4.78 is 11.1. The van der Waals surface area contributed by atoms with Crippen LogP contribution in [0, 0.1) is 6.92 Å². The van der Waals surface area contributed by atoms with Crippen molar-refractivity contribution in [3.8, 4) is 11.5 Å². The highest BCUT2D eigenvalue weighted by atomic mass is 16.5. The van der Waals surface area contributed by atoms with Gasteiger partial charge >= 0.3 is 0 Å². The minimum Gasteiger partial charge on any atom is -0.496 e. The second kappa shape index (κ2) is 3.74. The van der Waals surface area contributed by atoms with Gasteiger partial charge in [0.25, 0.3) is 0 Å². The van der Waals surface area contributed by atoms with Crippen molar-refractivity contribution in [1.82, 2.24) is 5.32 Å². The first-order chi connectivity index (χ1) is 7.13. The maximum Gasteiger partial charge on any atom is 0.131 e. The third-order valence-electron chi connectivity index (χ3n) is 2.73. The monoisotopic (exact) mass is 207 g/mol. The first kappa shape index (κ1) is 10.3. The van der Waals surface area contributed by atoms with E-state index in [1.165, 1.54) is 0 Å². The van der Waals surface area contributed by atoms with Gasteiger partial charge in [-0.3, -0.25) is 0 Å². The number of nitrogens with one attached hydrogen (secondary N) is 1. The fourth-order valence-corrected chi connectivity index (χ4v) is 1.75. The molecular weight excluding hydrogens is 190 g/mol. The highest BCUT2D eigenvalue weighted by Gasteiger charge is 2.33. The topological polar surface area (TPSA) is 30.5 Å². The molecule has 2 rings (SSSR count). The summed E-state index contributed by atoms with van der Waals surface area (Å²) in [6.07, 6.45) is 0. The van der Waals surface area contributed by atoms with E-state index in [0.717, 1.165) is 30.2 Å². The summed E-state index contributed by atoms with van der Waals surface area (Å²) in [5.74, 6) is 1.82. The number of hydrogen-bond acceptors (Lipinski definition) is 3. The van der Waals surface area contributed by atoms with Crippen LogP contribution in [0.1, 0.15) is 12.5 Å². The summed E-state index contributed by atoms with van der Waals surface area (Å²) in [5, 5.41) is 3.21. The van der Waals surface area contributed by atoms with Gasteiger partial charge in [0.1, 0.15) is 17.1 Å². The number of rotatable bonds is 3. The van der Waals surface area contributed by atoms with Crippen LogP contribution >= 0.6 is 0 Å². The highest BCUT2D eigenvalue weighted by Crippen LogP contribution is 2.27. The summed E-state index contributed by atoms with van der Waals surface area (Å²) in [5.41, 5.74) is 1.06. The van der Waals surface area contributed by atoms with E-state index in [4.69, 9.17) is 9.47 Å². The molecule has 0 unspecified atom stereocenters. The Morgan fingerprint density at radius 3 is 2.53 bits per heavy atom. The van der Waals surface area contributed by atoms with E-state index in [0.29, 0.717) is 0 Å².